The van der Waals surface area contributed by atoms with Crippen LogP contribution >= 0.6 is 0 Å². The third-order valence-electron chi connectivity index (χ3n) is 13.3. The first-order chi connectivity index (χ1) is 28.3. The molecule has 346 valence electrons. The molecule has 0 bridgehead atoms. The molecule has 0 saturated heterocycles. The number of esters is 8. The van der Waals surface area contributed by atoms with E-state index < -0.39 is 106 Å². The summed E-state index contributed by atoms with van der Waals surface area (Å²) in [6.45, 7) is 14.6. The van der Waals surface area contributed by atoms with Crippen LogP contribution in [0.3, 0.4) is 0 Å². The fourth-order valence-corrected chi connectivity index (χ4v) is 10.5. The van der Waals surface area contributed by atoms with Crippen LogP contribution < -0.4 is 0 Å². The summed E-state index contributed by atoms with van der Waals surface area (Å²) in [6.07, 6.45) is 0.327. The molecule has 4 rings (SSSR count). The smallest absolute Gasteiger partial charge is 0.473 e. The van der Waals surface area contributed by atoms with Crippen LogP contribution in [0.2, 0.25) is 0 Å². The van der Waals surface area contributed by atoms with E-state index in [0.29, 0.717) is 51.4 Å². The summed E-state index contributed by atoms with van der Waals surface area (Å²) in [4.78, 5) is 113. The molecular weight excluding hydrogens is 891 g/mol. The summed E-state index contributed by atoms with van der Waals surface area (Å²) in [5.41, 5.74) is -8.18. The molecule has 4 saturated carbocycles. The van der Waals surface area contributed by atoms with Crippen molar-refractivity contribution in [3.05, 3.63) is 11.8 Å². The molecule has 0 amide bonds. The third kappa shape index (κ3) is 9.02. The van der Waals surface area contributed by atoms with E-state index in [4.69, 9.17) is 37.9 Å². The Labute approximate surface area is 372 Å². The summed E-state index contributed by atoms with van der Waals surface area (Å²) < 4.78 is 44.2. The van der Waals surface area contributed by atoms with Crippen molar-refractivity contribution in [1.82, 2.24) is 0 Å². The van der Waals surface area contributed by atoms with Gasteiger partial charge >= 0.3 is 44.3 Å². The van der Waals surface area contributed by atoms with Gasteiger partial charge in [-0.25, -0.2) is 19.2 Å². The van der Waals surface area contributed by atoms with E-state index >= 15 is 9.59 Å². The van der Waals surface area contributed by atoms with Gasteiger partial charge in [0.2, 0.25) is 0 Å². The number of ether oxygens (including phenoxy) is 8. The second-order valence-electron chi connectivity index (χ2n) is 16.5. The average Bonchev–Trinajstić information content (AvgIpc) is 4.03. The van der Waals surface area contributed by atoms with Crippen LogP contribution in [0.5, 0.6) is 0 Å². The monoisotopic (exact) mass is 954 g/mol. The molecule has 4 aliphatic carbocycles. The minimum absolute atomic E-state index is 0. The van der Waals surface area contributed by atoms with E-state index in [1.54, 1.807) is 41.5 Å². The second-order valence-corrected chi connectivity index (χ2v) is 16.5. The summed E-state index contributed by atoms with van der Waals surface area (Å²) in [6, 6.07) is 0. The number of hydrogen-bond donors (Lipinski definition) is 0. The summed E-state index contributed by atoms with van der Waals surface area (Å²) in [5, 5.41) is 0. The van der Waals surface area contributed by atoms with Crippen LogP contribution in [0.15, 0.2) is 0 Å². The predicted octanol–water partition coefficient (Wildman–Crippen LogP) is 5.29. The minimum Gasteiger partial charge on any atom is -0.473 e. The average molecular weight is 955 g/mol. The molecule has 0 unspecified atom stereocenters. The molecule has 4 aliphatic rings. The molecular formula is C44H64O16Pd. The summed E-state index contributed by atoms with van der Waals surface area (Å²) in [5.74, 6) is -9.76. The zero-order valence-electron chi connectivity index (χ0n) is 37.2. The van der Waals surface area contributed by atoms with Gasteiger partial charge in [0.15, 0.2) is 36.4 Å². The molecule has 0 aromatic heterocycles. The van der Waals surface area contributed by atoms with E-state index in [1.165, 1.54) is 27.7 Å². The first kappa shape index (κ1) is 51.5. The van der Waals surface area contributed by atoms with Crippen LogP contribution in [-0.4, -0.2) is 98.6 Å². The quantitative estimate of drug-likeness (QED) is 0.0697. The van der Waals surface area contributed by atoms with Crippen LogP contribution in [-0.2, 0) is 96.7 Å². The summed E-state index contributed by atoms with van der Waals surface area (Å²) in [7, 11) is 0. The second kappa shape index (κ2) is 21.0. The van der Waals surface area contributed by atoms with E-state index in [1.807, 2.05) is 0 Å². The van der Waals surface area contributed by atoms with Crippen LogP contribution in [0.4, 0.5) is 0 Å². The fraction of sp³-hybridized carbons (Fsp3) is 0.773. The van der Waals surface area contributed by atoms with Crippen molar-refractivity contribution in [2.24, 2.45) is 33.5 Å². The number of carbonyl (C=O) groups is 8. The molecule has 0 aromatic rings. The maximum absolute atomic E-state index is 15.7. The maximum atomic E-state index is 15.7. The normalized spacial score (nSPS) is 28.0. The standard InChI is InChI=1S/C44H64O16.Pd/c1-11-53-33(45)25(5)57-37(49)31-41(9,29-21-17-15-18-22-29)43(31,39(51)59-27(7)35(47)55-13-3)44(40(52)60-28(8)36(48)56-14-4)32(38(50)58-26(6)34(46)54-12-2)42(44,10)30-23-19-16-20-24-30;/h25-30H,11-24H2,1-10H3;/q-2;+2/t25-,26-,27-,28-,41-,42-,43+,44+;/m0./s1. The number of carbonyl (C=O) groups excluding carboxylic acids is 8. The van der Waals surface area contributed by atoms with Crippen molar-refractivity contribution in [3.63, 3.8) is 0 Å². The van der Waals surface area contributed by atoms with E-state index in [0.717, 1.165) is 12.8 Å². The zero-order chi connectivity index (χ0) is 44.8. The molecule has 0 heterocycles. The minimum atomic E-state index is -2.45. The van der Waals surface area contributed by atoms with Gasteiger partial charge in [-0.05, 0) is 55.4 Å². The number of rotatable bonds is 19. The van der Waals surface area contributed by atoms with Crippen molar-refractivity contribution < 1.29 is 96.7 Å². The Bertz CT molecular complexity index is 1520. The Kier molecular flexibility index (Phi) is 17.8. The Hall–Kier alpha value is -3.84. The van der Waals surface area contributed by atoms with Gasteiger partial charge in [0.25, 0.3) is 11.9 Å². The Morgan fingerprint density at radius 2 is 0.705 bits per heavy atom. The van der Waals surface area contributed by atoms with E-state index in [9.17, 15) is 28.8 Å². The number of hydrogen-bond acceptors (Lipinski definition) is 16. The van der Waals surface area contributed by atoms with Crippen LogP contribution in [0, 0.1) is 45.3 Å². The van der Waals surface area contributed by atoms with E-state index in [-0.39, 0.29) is 58.7 Å². The molecule has 8 atom stereocenters. The van der Waals surface area contributed by atoms with Crippen molar-refractivity contribution in [2.45, 2.75) is 158 Å². The van der Waals surface area contributed by atoms with Gasteiger partial charge in [0.05, 0.1) is 26.4 Å². The van der Waals surface area contributed by atoms with E-state index in [2.05, 4.69) is 0 Å². The fourth-order valence-electron chi connectivity index (χ4n) is 10.5. The van der Waals surface area contributed by atoms with Gasteiger partial charge in [-0.2, -0.15) is 0 Å². The molecule has 0 radical (unpaired) electrons. The first-order valence-corrected chi connectivity index (χ1v) is 21.6. The molecule has 4 fully saturated rings. The van der Waals surface area contributed by atoms with Crippen molar-refractivity contribution in [2.75, 3.05) is 26.4 Å². The van der Waals surface area contributed by atoms with Gasteiger partial charge in [0.1, 0.15) is 0 Å². The molecule has 0 aliphatic heterocycles. The predicted molar refractivity (Wildman–Crippen MR) is 209 cm³/mol. The molecule has 0 N–H and O–H groups in total. The molecule has 17 heteroatoms. The maximum Gasteiger partial charge on any atom is 2.00 e. The van der Waals surface area contributed by atoms with Gasteiger partial charge in [-0.15, -0.1) is 10.8 Å². The first-order valence-electron chi connectivity index (χ1n) is 21.6. The topological polar surface area (TPSA) is 210 Å². The Balaban J connectivity index is 0.00000992. The van der Waals surface area contributed by atoms with Gasteiger partial charge in [-0.1, -0.05) is 101 Å². The van der Waals surface area contributed by atoms with Crippen LogP contribution in [0.1, 0.15) is 133 Å². The largest absolute Gasteiger partial charge is 2.00 e. The molecule has 16 nitrogen and oxygen atoms in total. The third-order valence-corrected chi connectivity index (χ3v) is 13.3. The Morgan fingerprint density at radius 3 is 0.951 bits per heavy atom. The SMILES string of the molecule is CCOC(=O)[C@H](C)OC(=O)[C-]1[C@](C(=O)O[C@@H](C)C(=O)OCC)([C@@]2(C(=O)O[C@@H](C)C(=O)OCC)[C-](C(=O)O[C@@H](C)C(=O)OCC)[C@]2(C)C2CCCCC2)[C@@]1(C)C1CCCCC1.[Pd+2]. The zero-order valence-corrected chi connectivity index (χ0v) is 38.8. The van der Waals surface area contributed by atoms with Crippen molar-refractivity contribution in [3.8, 4) is 0 Å². The molecule has 0 spiro atoms. The van der Waals surface area contributed by atoms with Gasteiger partial charge in [0, 0.05) is 0 Å². The van der Waals surface area contributed by atoms with Crippen molar-refractivity contribution >= 4 is 47.8 Å². The summed E-state index contributed by atoms with van der Waals surface area (Å²) >= 11 is 0. The molecule has 61 heavy (non-hydrogen) atoms. The van der Waals surface area contributed by atoms with Crippen molar-refractivity contribution in [1.29, 1.82) is 0 Å². The Morgan fingerprint density at radius 1 is 0.459 bits per heavy atom. The van der Waals surface area contributed by atoms with Crippen LogP contribution in [0.25, 0.3) is 0 Å². The van der Waals surface area contributed by atoms with Gasteiger partial charge in [-0.3, -0.25) is 31.0 Å². The van der Waals surface area contributed by atoms with Gasteiger partial charge < -0.3 is 37.9 Å². The molecule has 0 aromatic carbocycles.